The molecule has 0 atom stereocenters. The Morgan fingerprint density at radius 3 is 2.73 bits per heavy atom. The van der Waals surface area contributed by atoms with Gasteiger partial charge in [0.2, 0.25) is 0 Å². The van der Waals surface area contributed by atoms with E-state index in [-0.39, 0.29) is 12.2 Å². The van der Waals surface area contributed by atoms with E-state index in [0.717, 1.165) is 10.8 Å². The van der Waals surface area contributed by atoms with E-state index in [1.807, 2.05) is 0 Å². The van der Waals surface area contributed by atoms with Gasteiger partial charge in [0.25, 0.3) is 0 Å². The van der Waals surface area contributed by atoms with Crippen molar-refractivity contribution in [3.8, 4) is 0 Å². The average molecular weight is 320 g/mol. The number of anilines is 1. The second kappa shape index (κ2) is 5.26. The van der Waals surface area contributed by atoms with Crippen LogP contribution in [0.5, 0.6) is 0 Å². The zero-order valence-corrected chi connectivity index (χ0v) is 12.4. The van der Waals surface area contributed by atoms with Crippen molar-refractivity contribution in [1.29, 1.82) is 0 Å². The first kappa shape index (κ1) is 14.3. The van der Waals surface area contributed by atoms with Crippen LogP contribution in [0.2, 0.25) is 0 Å². The van der Waals surface area contributed by atoms with Gasteiger partial charge < -0.3 is 9.64 Å². The molecule has 2 aromatic heterocycles. The molecule has 8 nitrogen and oxygen atoms in total. The van der Waals surface area contributed by atoms with Crippen molar-refractivity contribution in [3.63, 3.8) is 0 Å². The lowest BCUT2D eigenvalue weighted by molar-refractivity contribution is 0.0528. The minimum atomic E-state index is -3.31. The van der Waals surface area contributed by atoms with E-state index >= 15 is 0 Å². The number of carbonyl (C=O) groups excluding carboxylic acids is 1. The van der Waals surface area contributed by atoms with Gasteiger partial charge in [-0.2, -0.15) is 5.10 Å². The van der Waals surface area contributed by atoms with Gasteiger partial charge in [-0.1, -0.05) is 0 Å². The molecule has 9 heteroatoms. The molecule has 0 spiro atoms. The molecule has 0 saturated carbocycles. The summed E-state index contributed by atoms with van der Waals surface area (Å²) in [5, 5.41) is 6.18. The van der Waals surface area contributed by atoms with Gasteiger partial charge in [-0.3, -0.25) is 0 Å². The second-order valence-electron chi connectivity index (χ2n) is 4.40. The second-order valence-corrected chi connectivity index (χ2v) is 6.12. The number of aromatic nitrogens is 3. The van der Waals surface area contributed by atoms with E-state index in [1.54, 1.807) is 19.2 Å². The number of hydrogen-bond acceptors (Lipinski definition) is 7. The molecule has 0 bridgehead atoms. The lowest BCUT2D eigenvalue weighted by Crippen LogP contribution is -2.14. The monoisotopic (exact) mass is 320 g/mol. The van der Waals surface area contributed by atoms with Gasteiger partial charge in [-0.15, -0.1) is 0 Å². The Bertz CT molecular complexity index is 878. The number of fused-ring (bicyclic) bond motifs is 1. The van der Waals surface area contributed by atoms with E-state index in [0.29, 0.717) is 11.5 Å². The van der Waals surface area contributed by atoms with Crippen LogP contribution in [0.25, 0.3) is 5.65 Å². The zero-order valence-electron chi connectivity index (χ0n) is 11.6. The van der Waals surface area contributed by atoms with Crippen molar-refractivity contribution in [2.75, 3.05) is 11.5 Å². The number of sulfone groups is 1. The molecule has 0 N–H and O–H groups in total. The highest BCUT2D eigenvalue weighted by Crippen LogP contribution is 2.19. The standard InChI is InChI=1S/C13H12N4O4S/c1-2-21-13(18)10-9-14-17-4-3-11(15-12(10)17)16-5-7-22(19,20)8-6-16/h3-9H,2H2,1H3. The molecule has 2 aromatic rings. The highest BCUT2D eigenvalue weighted by molar-refractivity contribution is 7.97. The number of nitrogens with zero attached hydrogens (tertiary/aromatic N) is 4. The third-order valence-electron chi connectivity index (χ3n) is 2.94. The van der Waals surface area contributed by atoms with Gasteiger partial charge >= 0.3 is 5.97 Å². The number of hydrogen-bond donors (Lipinski definition) is 0. The maximum Gasteiger partial charge on any atom is 0.343 e. The van der Waals surface area contributed by atoms with Crippen LogP contribution in [0.15, 0.2) is 41.7 Å². The summed E-state index contributed by atoms with van der Waals surface area (Å²) < 4.78 is 29.0. The highest BCUT2D eigenvalue weighted by atomic mass is 32.2. The van der Waals surface area contributed by atoms with Crippen LogP contribution in [0.4, 0.5) is 5.82 Å². The lowest BCUT2D eigenvalue weighted by atomic mass is 10.3. The molecule has 0 fully saturated rings. The summed E-state index contributed by atoms with van der Waals surface area (Å²) in [4.78, 5) is 17.7. The highest BCUT2D eigenvalue weighted by Gasteiger charge is 2.17. The summed E-state index contributed by atoms with van der Waals surface area (Å²) in [5.74, 6) is -0.0459. The van der Waals surface area contributed by atoms with Gasteiger partial charge in [-0.05, 0) is 13.0 Å². The topological polar surface area (TPSA) is 93.9 Å². The predicted octanol–water partition coefficient (Wildman–Crippen LogP) is 1.08. The number of ether oxygens (including phenoxy) is 1. The number of rotatable bonds is 3. The Kier molecular flexibility index (Phi) is 3.41. The number of esters is 1. The van der Waals surface area contributed by atoms with Crippen molar-refractivity contribution in [2.45, 2.75) is 6.92 Å². The smallest absolute Gasteiger partial charge is 0.343 e. The largest absolute Gasteiger partial charge is 0.462 e. The third kappa shape index (κ3) is 2.58. The summed E-state index contributed by atoms with van der Waals surface area (Å²) in [7, 11) is -3.31. The van der Waals surface area contributed by atoms with E-state index in [9.17, 15) is 13.2 Å². The Labute approximate surface area is 126 Å². The van der Waals surface area contributed by atoms with E-state index in [1.165, 1.54) is 28.0 Å². The predicted molar refractivity (Wildman–Crippen MR) is 78.6 cm³/mol. The summed E-state index contributed by atoms with van der Waals surface area (Å²) >= 11 is 0. The first-order valence-corrected chi connectivity index (χ1v) is 8.02. The van der Waals surface area contributed by atoms with E-state index in [2.05, 4.69) is 10.1 Å². The number of carbonyl (C=O) groups is 1. The van der Waals surface area contributed by atoms with Crippen molar-refractivity contribution in [1.82, 2.24) is 14.6 Å². The molecule has 0 saturated heterocycles. The molecule has 0 amide bonds. The molecule has 3 heterocycles. The quantitative estimate of drug-likeness (QED) is 0.781. The molecule has 1 aliphatic heterocycles. The molecule has 114 valence electrons. The molecule has 0 aromatic carbocycles. The molecule has 3 rings (SSSR count). The van der Waals surface area contributed by atoms with E-state index in [4.69, 9.17) is 4.74 Å². The Morgan fingerprint density at radius 2 is 2.05 bits per heavy atom. The molecule has 0 radical (unpaired) electrons. The van der Waals surface area contributed by atoms with Crippen molar-refractivity contribution >= 4 is 27.3 Å². The Morgan fingerprint density at radius 1 is 1.32 bits per heavy atom. The molecular weight excluding hydrogens is 308 g/mol. The lowest BCUT2D eigenvalue weighted by Gasteiger charge is -2.16. The molecule has 0 aliphatic carbocycles. The molecule has 0 unspecified atom stereocenters. The SMILES string of the molecule is CCOC(=O)c1cnn2ccc(N3C=CS(=O)(=O)C=C3)nc12. The maximum atomic E-state index is 11.9. The summed E-state index contributed by atoms with van der Waals surface area (Å²) in [6.07, 6.45) is 5.78. The van der Waals surface area contributed by atoms with Crippen molar-refractivity contribution < 1.29 is 17.9 Å². The molecular formula is C13H12N4O4S. The summed E-state index contributed by atoms with van der Waals surface area (Å²) in [5.41, 5.74) is 0.590. The van der Waals surface area contributed by atoms with Crippen molar-refractivity contribution in [3.05, 3.63) is 47.2 Å². The van der Waals surface area contributed by atoms with E-state index < -0.39 is 15.8 Å². The minimum Gasteiger partial charge on any atom is -0.462 e. The van der Waals surface area contributed by atoms with Crippen molar-refractivity contribution in [2.24, 2.45) is 0 Å². The molecule has 1 aliphatic rings. The Balaban J connectivity index is 2.01. The zero-order chi connectivity index (χ0) is 15.7. The Hall–Kier alpha value is -2.68. The van der Waals surface area contributed by atoms with Crippen LogP contribution in [0, 0.1) is 0 Å². The fourth-order valence-corrected chi connectivity index (χ4v) is 2.60. The summed E-state index contributed by atoms with van der Waals surface area (Å²) in [6.45, 7) is 1.97. The minimum absolute atomic E-state index is 0.251. The van der Waals surface area contributed by atoms with Crippen LogP contribution >= 0.6 is 0 Å². The van der Waals surface area contributed by atoms with Crippen LogP contribution in [0.3, 0.4) is 0 Å². The average Bonchev–Trinajstić information content (AvgIpc) is 2.90. The molecule has 22 heavy (non-hydrogen) atoms. The maximum absolute atomic E-state index is 11.9. The fourth-order valence-electron chi connectivity index (χ4n) is 1.90. The van der Waals surface area contributed by atoms with Crippen LogP contribution in [-0.4, -0.2) is 35.6 Å². The first-order valence-electron chi connectivity index (χ1n) is 6.41. The van der Waals surface area contributed by atoms with Crippen LogP contribution < -0.4 is 4.90 Å². The van der Waals surface area contributed by atoms with Crippen LogP contribution in [0.1, 0.15) is 17.3 Å². The normalized spacial score (nSPS) is 16.1. The van der Waals surface area contributed by atoms with Gasteiger partial charge in [0.15, 0.2) is 15.5 Å². The van der Waals surface area contributed by atoms with Gasteiger partial charge in [-0.25, -0.2) is 22.7 Å². The fraction of sp³-hybridized carbons (Fsp3) is 0.154. The summed E-state index contributed by atoms with van der Waals surface area (Å²) in [6, 6.07) is 1.65. The van der Waals surface area contributed by atoms with Crippen LogP contribution in [-0.2, 0) is 14.6 Å². The van der Waals surface area contributed by atoms with Gasteiger partial charge in [0.1, 0.15) is 11.4 Å². The first-order chi connectivity index (χ1) is 10.5. The van der Waals surface area contributed by atoms with Gasteiger partial charge in [0, 0.05) is 18.6 Å². The van der Waals surface area contributed by atoms with Gasteiger partial charge in [0.05, 0.1) is 23.6 Å². The third-order valence-corrected chi connectivity index (χ3v) is 3.94.